The quantitative estimate of drug-likeness (QED) is 0.441. The molecule has 0 unspecified atom stereocenters. The first-order valence-electron chi connectivity index (χ1n) is 11.3. The molecular formula is C28H23FN4O2. The summed E-state index contributed by atoms with van der Waals surface area (Å²) in [4.78, 5) is 36.9. The molecule has 0 saturated carbocycles. The lowest BCUT2D eigenvalue weighted by molar-refractivity contribution is 0.0986. The molecule has 1 aliphatic rings. The first kappa shape index (κ1) is 22.4. The van der Waals surface area contributed by atoms with Crippen molar-refractivity contribution in [3.63, 3.8) is 0 Å². The van der Waals surface area contributed by atoms with Crippen LogP contribution in [-0.4, -0.2) is 28.3 Å². The Morgan fingerprint density at radius 1 is 0.971 bits per heavy atom. The van der Waals surface area contributed by atoms with E-state index in [2.05, 4.69) is 15.3 Å². The summed E-state index contributed by atoms with van der Waals surface area (Å²) < 4.78 is 13.8. The Morgan fingerprint density at radius 2 is 1.74 bits per heavy atom. The van der Waals surface area contributed by atoms with Gasteiger partial charge in [0.25, 0.3) is 11.8 Å². The molecule has 0 radical (unpaired) electrons. The number of aromatic nitrogens is 2. The fraction of sp³-hybridized carbons (Fsp3) is 0.143. The number of hydrogen-bond acceptors (Lipinski definition) is 4. The minimum atomic E-state index is -0.431. The van der Waals surface area contributed by atoms with E-state index in [4.69, 9.17) is 0 Å². The Hall–Kier alpha value is -4.39. The monoisotopic (exact) mass is 466 g/mol. The third-order valence-corrected chi connectivity index (χ3v) is 6.19. The summed E-state index contributed by atoms with van der Waals surface area (Å²) >= 11 is 0. The molecule has 7 heteroatoms. The summed E-state index contributed by atoms with van der Waals surface area (Å²) in [7, 11) is 0. The van der Waals surface area contributed by atoms with E-state index >= 15 is 0 Å². The van der Waals surface area contributed by atoms with Gasteiger partial charge < -0.3 is 10.2 Å². The van der Waals surface area contributed by atoms with E-state index in [1.807, 2.05) is 37.4 Å². The van der Waals surface area contributed by atoms with Gasteiger partial charge in [0.1, 0.15) is 11.6 Å². The zero-order chi connectivity index (χ0) is 24.5. The van der Waals surface area contributed by atoms with E-state index in [-0.39, 0.29) is 17.0 Å². The Morgan fingerprint density at radius 3 is 2.54 bits per heavy atom. The highest BCUT2D eigenvalue weighted by Gasteiger charge is 2.26. The van der Waals surface area contributed by atoms with Gasteiger partial charge in [-0.2, -0.15) is 0 Å². The van der Waals surface area contributed by atoms with Crippen LogP contribution in [0.2, 0.25) is 0 Å². The molecular weight excluding hydrogens is 443 g/mol. The number of carbonyl (C=O) groups is 2. The van der Waals surface area contributed by atoms with Crippen molar-refractivity contribution in [3.05, 3.63) is 107 Å². The number of para-hydroxylation sites is 1. The topological polar surface area (TPSA) is 75.2 Å². The van der Waals surface area contributed by atoms with Crippen LogP contribution in [0, 0.1) is 19.7 Å². The van der Waals surface area contributed by atoms with Gasteiger partial charge in [-0.15, -0.1) is 0 Å². The van der Waals surface area contributed by atoms with Gasteiger partial charge in [0.05, 0.1) is 11.4 Å². The van der Waals surface area contributed by atoms with Crippen molar-refractivity contribution in [2.24, 2.45) is 0 Å². The van der Waals surface area contributed by atoms with E-state index in [1.165, 1.54) is 12.1 Å². The largest absolute Gasteiger partial charge is 0.322 e. The van der Waals surface area contributed by atoms with Gasteiger partial charge in [0.2, 0.25) is 0 Å². The highest BCUT2D eigenvalue weighted by Crippen LogP contribution is 2.35. The average molecular weight is 467 g/mol. The predicted molar refractivity (Wildman–Crippen MR) is 133 cm³/mol. The van der Waals surface area contributed by atoms with Crippen LogP contribution in [0.4, 0.5) is 15.8 Å². The molecule has 6 nitrogen and oxygen atoms in total. The molecule has 1 aliphatic heterocycles. The maximum Gasteiger partial charge on any atom is 0.258 e. The van der Waals surface area contributed by atoms with Crippen molar-refractivity contribution in [1.29, 1.82) is 0 Å². The number of amides is 2. The van der Waals surface area contributed by atoms with Crippen LogP contribution in [-0.2, 0) is 6.42 Å². The Kier molecular flexibility index (Phi) is 5.82. The highest BCUT2D eigenvalue weighted by atomic mass is 19.1. The fourth-order valence-electron chi connectivity index (χ4n) is 4.29. The van der Waals surface area contributed by atoms with Gasteiger partial charge in [-0.1, -0.05) is 24.3 Å². The fourth-order valence-corrected chi connectivity index (χ4v) is 4.29. The molecule has 1 aromatic heterocycles. The normalized spacial score (nSPS) is 12.4. The van der Waals surface area contributed by atoms with Gasteiger partial charge in [0, 0.05) is 35.1 Å². The molecule has 174 valence electrons. The predicted octanol–water partition coefficient (Wildman–Crippen LogP) is 5.35. The molecule has 3 aromatic carbocycles. The molecule has 35 heavy (non-hydrogen) atoms. The third kappa shape index (κ3) is 4.28. The Bertz CT molecular complexity index is 1450. The molecule has 0 saturated heterocycles. The van der Waals surface area contributed by atoms with Crippen LogP contribution in [0.15, 0.2) is 72.9 Å². The number of hydrogen-bond donors (Lipinski definition) is 1. The van der Waals surface area contributed by atoms with Gasteiger partial charge in [0.15, 0.2) is 0 Å². The minimum Gasteiger partial charge on any atom is -0.322 e. The van der Waals surface area contributed by atoms with Crippen LogP contribution < -0.4 is 10.2 Å². The second kappa shape index (κ2) is 9.10. The zero-order valence-corrected chi connectivity index (χ0v) is 19.4. The lowest BCUT2D eigenvalue weighted by atomic mass is 10.0. The molecule has 5 rings (SSSR count). The first-order chi connectivity index (χ1) is 16.9. The van der Waals surface area contributed by atoms with Gasteiger partial charge in [-0.05, 0) is 73.9 Å². The number of aryl methyl sites for hydroxylation is 1. The minimum absolute atomic E-state index is 0.145. The van der Waals surface area contributed by atoms with Gasteiger partial charge in [-0.25, -0.2) is 14.4 Å². The van der Waals surface area contributed by atoms with E-state index < -0.39 is 11.7 Å². The zero-order valence-electron chi connectivity index (χ0n) is 19.4. The maximum atomic E-state index is 13.8. The number of benzene rings is 3. The molecule has 0 spiro atoms. The Labute approximate surface area is 202 Å². The summed E-state index contributed by atoms with van der Waals surface area (Å²) in [6, 6.07) is 18.9. The smallest absolute Gasteiger partial charge is 0.258 e. The Balaban J connectivity index is 1.39. The second-order valence-electron chi connectivity index (χ2n) is 8.46. The number of carbonyl (C=O) groups excluding carboxylic acids is 2. The average Bonchev–Trinajstić information content (AvgIpc) is 3.02. The second-order valence-corrected chi connectivity index (χ2v) is 8.46. The molecule has 0 fully saturated rings. The summed E-state index contributed by atoms with van der Waals surface area (Å²) in [6.45, 7) is 3.91. The molecule has 0 atom stereocenters. The lowest BCUT2D eigenvalue weighted by Crippen LogP contribution is -2.32. The molecule has 0 bridgehead atoms. The first-order valence-corrected chi connectivity index (χ1v) is 11.3. The van der Waals surface area contributed by atoms with Gasteiger partial charge in [-0.3, -0.25) is 9.59 Å². The van der Waals surface area contributed by atoms with Crippen molar-refractivity contribution in [1.82, 2.24) is 9.97 Å². The van der Waals surface area contributed by atoms with Crippen LogP contribution in [0.1, 0.15) is 37.7 Å². The summed E-state index contributed by atoms with van der Waals surface area (Å²) in [6.07, 6.45) is 2.47. The molecule has 2 amide bonds. The standard InChI is InChI=1S/C28H23FN4O2/c1-17-22(7-5-8-24(17)29)27(34)32-21-12-10-19(11-13-21)28(35)33-15-14-20-16-30-18(2)31-26(20)23-6-3-4-9-25(23)33/h3-13,16H,14-15H2,1-2H3,(H,32,34). The molecule has 1 N–H and O–H groups in total. The van der Waals surface area contributed by atoms with E-state index in [0.29, 0.717) is 30.0 Å². The van der Waals surface area contributed by atoms with E-state index in [1.54, 1.807) is 42.2 Å². The van der Waals surface area contributed by atoms with Crippen molar-refractivity contribution in [3.8, 4) is 11.3 Å². The molecule has 4 aromatic rings. The van der Waals surface area contributed by atoms with Crippen LogP contribution in [0.25, 0.3) is 11.3 Å². The summed E-state index contributed by atoms with van der Waals surface area (Å²) in [5.41, 5.74) is 5.12. The molecule has 0 aliphatic carbocycles. The highest BCUT2D eigenvalue weighted by molar-refractivity contribution is 6.09. The lowest BCUT2D eigenvalue weighted by Gasteiger charge is -2.23. The van der Waals surface area contributed by atoms with Crippen LogP contribution in [0.5, 0.6) is 0 Å². The van der Waals surface area contributed by atoms with Crippen LogP contribution >= 0.6 is 0 Å². The number of halogens is 1. The van der Waals surface area contributed by atoms with Crippen molar-refractivity contribution >= 4 is 23.2 Å². The summed E-state index contributed by atoms with van der Waals surface area (Å²) in [5.74, 6) is -0.297. The van der Waals surface area contributed by atoms with E-state index in [9.17, 15) is 14.0 Å². The number of anilines is 2. The molecule has 2 heterocycles. The van der Waals surface area contributed by atoms with Crippen molar-refractivity contribution < 1.29 is 14.0 Å². The van der Waals surface area contributed by atoms with Gasteiger partial charge >= 0.3 is 0 Å². The SMILES string of the molecule is Cc1ncc2c(n1)-c1ccccc1N(C(=O)c1ccc(NC(=O)c3cccc(F)c3C)cc1)CC2. The van der Waals surface area contributed by atoms with Crippen molar-refractivity contribution in [2.45, 2.75) is 20.3 Å². The summed E-state index contributed by atoms with van der Waals surface area (Å²) in [5, 5.41) is 2.77. The van der Waals surface area contributed by atoms with Crippen LogP contribution in [0.3, 0.4) is 0 Å². The third-order valence-electron chi connectivity index (χ3n) is 6.19. The maximum absolute atomic E-state index is 13.8. The number of nitrogens with one attached hydrogen (secondary N) is 1. The van der Waals surface area contributed by atoms with Crippen molar-refractivity contribution in [2.75, 3.05) is 16.8 Å². The van der Waals surface area contributed by atoms with E-state index in [0.717, 1.165) is 22.5 Å². The number of rotatable bonds is 3. The number of nitrogens with zero attached hydrogens (tertiary/aromatic N) is 3. The number of fused-ring (bicyclic) bond motifs is 3.